The molecule has 0 bridgehead atoms. The fourth-order valence-corrected chi connectivity index (χ4v) is 3.81. The fraction of sp³-hybridized carbons (Fsp3) is 0.292. The number of piperidine rings is 1. The third-order valence-corrected chi connectivity index (χ3v) is 5.53. The van der Waals surface area contributed by atoms with Gasteiger partial charge in [-0.25, -0.2) is 4.98 Å². The summed E-state index contributed by atoms with van der Waals surface area (Å²) in [6.45, 7) is 3.49. The van der Waals surface area contributed by atoms with Crippen molar-refractivity contribution in [3.8, 4) is 17.4 Å². The molecule has 4 rings (SSSR count). The first-order valence-corrected chi connectivity index (χ1v) is 10.6. The zero-order valence-electron chi connectivity index (χ0n) is 18.1. The molecule has 0 aliphatic carbocycles. The van der Waals surface area contributed by atoms with E-state index in [9.17, 15) is 9.59 Å². The Morgan fingerprint density at radius 1 is 1.12 bits per heavy atom. The highest BCUT2D eigenvalue weighted by molar-refractivity contribution is 6.04. The Kier molecular flexibility index (Phi) is 6.51. The largest absolute Gasteiger partial charge is 0.493 e. The molecule has 1 amide bonds. The molecule has 1 aliphatic heterocycles. The maximum absolute atomic E-state index is 13.1. The maximum atomic E-state index is 13.1. The molecule has 0 atom stereocenters. The SMILES string of the molecule is COc1ccccc1Oc1ccc(NC(=O)c2c(C)ccn(C3CCNCC3)c2=O)cn1. The molecule has 1 fully saturated rings. The van der Waals surface area contributed by atoms with Crippen molar-refractivity contribution in [2.45, 2.75) is 25.8 Å². The van der Waals surface area contributed by atoms with Gasteiger partial charge in [-0.15, -0.1) is 0 Å². The van der Waals surface area contributed by atoms with Gasteiger partial charge in [-0.05, 0) is 62.7 Å². The summed E-state index contributed by atoms with van der Waals surface area (Å²) in [5.74, 6) is 1.04. The van der Waals surface area contributed by atoms with Gasteiger partial charge in [0.2, 0.25) is 5.88 Å². The van der Waals surface area contributed by atoms with Crippen molar-refractivity contribution >= 4 is 11.6 Å². The van der Waals surface area contributed by atoms with Gasteiger partial charge in [0.05, 0.1) is 19.0 Å². The molecule has 2 aromatic heterocycles. The van der Waals surface area contributed by atoms with Crippen LogP contribution in [0.3, 0.4) is 0 Å². The Hall–Kier alpha value is -3.65. The number of rotatable bonds is 6. The van der Waals surface area contributed by atoms with Crippen LogP contribution in [0.15, 0.2) is 59.7 Å². The number of amides is 1. The minimum atomic E-state index is -0.448. The number of nitrogens with one attached hydrogen (secondary N) is 2. The van der Waals surface area contributed by atoms with Crippen LogP contribution in [0.25, 0.3) is 0 Å². The molecule has 0 radical (unpaired) electrons. The van der Waals surface area contributed by atoms with Crippen molar-refractivity contribution in [2.75, 3.05) is 25.5 Å². The Morgan fingerprint density at radius 2 is 1.88 bits per heavy atom. The second kappa shape index (κ2) is 9.65. The van der Waals surface area contributed by atoms with Gasteiger partial charge in [-0.2, -0.15) is 0 Å². The number of carbonyl (C=O) groups is 1. The van der Waals surface area contributed by atoms with Crippen LogP contribution in [-0.4, -0.2) is 35.7 Å². The standard InChI is InChI=1S/C24H26N4O4/c1-16-11-14-28(18-9-12-25-13-10-18)24(30)22(16)23(29)27-17-7-8-21(26-15-17)32-20-6-4-3-5-19(20)31-2/h3-8,11,14-15,18,25H,9-10,12-13H2,1-2H3,(H,27,29). The summed E-state index contributed by atoms with van der Waals surface area (Å²) in [5.41, 5.74) is 0.999. The molecule has 1 saturated heterocycles. The Bertz CT molecular complexity index is 1150. The molecular formula is C24H26N4O4. The van der Waals surface area contributed by atoms with E-state index in [1.54, 1.807) is 49.1 Å². The van der Waals surface area contributed by atoms with Crippen LogP contribution in [0.1, 0.15) is 34.8 Å². The van der Waals surface area contributed by atoms with E-state index in [4.69, 9.17) is 9.47 Å². The van der Waals surface area contributed by atoms with E-state index in [1.165, 1.54) is 6.20 Å². The number of ether oxygens (including phenoxy) is 2. The third-order valence-electron chi connectivity index (χ3n) is 5.53. The third kappa shape index (κ3) is 4.65. The topological polar surface area (TPSA) is 94.5 Å². The van der Waals surface area contributed by atoms with E-state index in [0.717, 1.165) is 25.9 Å². The highest BCUT2D eigenvalue weighted by Crippen LogP contribution is 2.30. The predicted octanol–water partition coefficient (Wildman–Crippen LogP) is 3.53. The van der Waals surface area contributed by atoms with Crippen molar-refractivity contribution < 1.29 is 14.3 Å². The van der Waals surface area contributed by atoms with E-state index in [2.05, 4.69) is 15.6 Å². The minimum Gasteiger partial charge on any atom is -0.493 e. The molecule has 2 N–H and O–H groups in total. The molecule has 8 heteroatoms. The van der Waals surface area contributed by atoms with Gasteiger partial charge in [0.15, 0.2) is 11.5 Å². The first kappa shape index (κ1) is 21.6. The monoisotopic (exact) mass is 434 g/mol. The summed E-state index contributed by atoms with van der Waals surface area (Å²) in [6.07, 6.45) is 5.01. The van der Waals surface area contributed by atoms with Crippen LogP contribution >= 0.6 is 0 Å². The summed E-state index contributed by atoms with van der Waals surface area (Å²) >= 11 is 0. The average molecular weight is 434 g/mol. The second-order valence-corrected chi connectivity index (χ2v) is 7.66. The number of hydrogen-bond donors (Lipinski definition) is 2. The van der Waals surface area contributed by atoms with Gasteiger partial charge in [-0.3, -0.25) is 9.59 Å². The normalized spacial score (nSPS) is 14.1. The maximum Gasteiger partial charge on any atom is 0.263 e. The number of carbonyl (C=O) groups excluding carboxylic acids is 1. The van der Waals surface area contributed by atoms with E-state index in [-0.39, 0.29) is 17.2 Å². The Morgan fingerprint density at radius 3 is 2.56 bits per heavy atom. The van der Waals surface area contributed by atoms with Crippen molar-refractivity contribution in [1.29, 1.82) is 0 Å². The minimum absolute atomic E-state index is 0.101. The molecule has 3 heterocycles. The quantitative estimate of drug-likeness (QED) is 0.616. The van der Waals surface area contributed by atoms with Crippen molar-refractivity contribution in [3.63, 3.8) is 0 Å². The van der Waals surface area contributed by atoms with Gasteiger partial charge in [0, 0.05) is 18.3 Å². The van der Waals surface area contributed by atoms with E-state index < -0.39 is 5.91 Å². The smallest absolute Gasteiger partial charge is 0.263 e. The molecule has 3 aromatic rings. The number of nitrogens with zero attached hydrogens (tertiary/aromatic N) is 2. The van der Waals surface area contributed by atoms with Crippen LogP contribution in [0.4, 0.5) is 5.69 Å². The van der Waals surface area contributed by atoms with E-state index in [1.807, 2.05) is 18.2 Å². The van der Waals surface area contributed by atoms with Crippen LogP contribution in [0.5, 0.6) is 17.4 Å². The molecule has 1 aliphatic rings. The van der Waals surface area contributed by atoms with Gasteiger partial charge < -0.3 is 24.7 Å². The molecule has 0 unspecified atom stereocenters. The first-order chi connectivity index (χ1) is 15.6. The lowest BCUT2D eigenvalue weighted by atomic mass is 10.0. The molecule has 1 aromatic carbocycles. The van der Waals surface area contributed by atoms with Gasteiger partial charge >= 0.3 is 0 Å². The number of aryl methyl sites for hydroxylation is 1. The Balaban J connectivity index is 1.50. The van der Waals surface area contributed by atoms with Crippen LogP contribution < -0.4 is 25.7 Å². The average Bonchev–Trinajstić information content (AvgIpc) is 2.81. The lowest BCUT2D eigenvalue weighted by Gasteiger charge is -2.25. The second-order valence-electron chi connectivity index (χ2n) is 7.66. The number of anilines is 1. The molecule has 0 saturated carbocycles. The highest BCUT2D eigenvalue weighted by Gasteiger charge is 2.21. The summed E-state index contributed by atoms with van der Waals surface area (Å²) in [6, 6.07) is 12.5. The number of benzene rings is 1. The molecule has 32 heavy (non-hydrogen) atoms. The molecule has 166 valence electrons. The van der Waals surface area contributed by atoms with E-state index in [0.29, 0.717) is 28.6 Å². The summed E-state index contributed by atoms with van der Waals surface area (Å²) in [5, 5.41) is 6.07. The summed E-state index contributed by atoms with van der Waals surface area (Å²) < 4.78 is 12.7. The number of para-hydroxylation sites is 2. The first-order valence-electron chi connectivity index (χ1n) is 10.6. The van der Waals surface area contributed by atoms with Gasteiger partial charge in [0.25, 0.3) is 11.5 Å². The highest BCUT2D eigenvalue weighted by atomic mass is 16.5. The molecular weight excluding hydrogens is 408 g/mol. The van der Waals surface area contributed by atoms with Crippen LogP contribution in [0.2, 0.25) is 0 Å². The predicted molar refractivity (Wildman–Crippen MR) is 122 cm³/mol. The fourth-order valence-electron chi connectivity index (χ4n) is 3.81. The summed E-state index contributed by atoms with van der Waals surface area (Å²) in [7, 11) is 1.57. The van der Waals surface area contributed by atoms with Crippen LogP contribution in [0, 0.1) is 6.92 Å². The van der Waals surface area contributed by atoms with Crippen molar-refractivity contribution in [3.05, 3.63) is 76.3 Å². The lowest BCUT2D eigenvalue weighted by Crippen LogP contribution is -2.37. The van der Waals surface area contributed by atoms with Crippen molar-refractivity contribution in [2.24, 2.45) is 0 Å². The lowest BCUT2D eigenvalue weighted by molar-refractivity contribution is 0.102. The number of hydrogen-bond acceptors (Lipinski definition) is 6. The number of aromatic nitrogens is 2. The number of methoxy groups -OCH3 is 1. The molecule has 8 nitrogen and oxygen atoms in total. The summed E-state index contributed by atoms with van der Waals surface area (Å²) in [4.78, 5) is 30.3. The zero-order chi connectivity index (χ0) is 22.5. The number of pyridine rings is 2. The Labute approximate surface area is 186 Å². The van der Waals surface area contributed by atoms with Gasteiger partial charge in [0.1, 0.15) is 5.56 Å². The zero-order valence-corrected chi connectivity index (χ0v) is 18.1. The van der Waals surface area contributed by atoms with Crippen LogP contribution in [-0.2, 0) is 0 Å². The van der Waals surface area contributed by atoms with Crippen molar-refractivity contribution in [1.82, 2.24) is 14.9 Å². The van der Waals surface area contributed by atoms with Gasteiger partial charge in [-0.1, -0.05) is 12.1 Å². The molecule has 0 spiro atoms. The van der Waals surface area contributed by atoms with E-state index >= 15 is 0 Å².